The number of likely N-dealkylation sites (tertiary alicyclic amines) is 1. The smallest absolute Gasteiger partial charge is 0.248 e. The molecule has 1 saturated heterocycles. The first-order valence-corrected chi connectivity index (χ1v) is 10.4. The second-order valence-electron chi connectivity index (χ2n) is 8.37. The van der Waals surface area contributed by atoms with E-state index in [0.29, 0.717) is 24.9 Å². The van der Waals surface area contributed by atoms with Crippen LogP contribution in [-0.2, 0) is 4.79 Å². The zero-order valence-corrected chi connectivity index (χ0v) is 17.4. The van der Waals surface area contributed by atoms with E-state index in [1.807, 2.05) is 13.1 Å². The van der Waals surface area contributed by atoms with Gasteiger partial charge in [0.15, 0.2) is 0 Å². The molecule has 2 aromatic heterocycles. The van der Waals surface area contributed by atoms with Crippen LogP contribution in [0.4, 0.5) is 0 Å². The predicted octanol–water partition coefficient (Wildman–Crippen LogP) is 4.36. The van der Waals surface area contributed by atoms with E-state index < -0.39 is 6.61 Å². The van der Waals surface area contributed by atoms with Crippen LogP contribution < -0.4 is 0 Å². The number of hydrogen-bond acceptors (Lipinski definition) is 3. The van der Waals surface area contributed by atoms with Crippen molar-refractivity contribution in [2.45, 2.75) is 45.4 Å². The van der Waals surface area contributed by atoms with Gasteiger partial charge in [0.1, 0.15) is 6.61 Å². The number of pyridine rings is 1. The molecular formula is C24H29N3O2. The molecule has 4 rings (SSSR count). The summed E-state index contributed by atoms with van der Waals surface area (Å²) in [7, 11) is 0. The number of carbonyl (C=O) groups is 1. The van der Waals surface area contributed by atoms with E-state index in [2.05, 4.69) is 54.1 Å². The Balaban J connectivity index is 1.69. The molecule has 29 heavy (non-hydrogen) atoms. The minimum Gasteiger partial charge on any atom is -0.387 e. The number of aromatic nitrogens is 2. The predicted molar refractivity (Wildman–Crippen MR) is 116 cm³/mol. The average Bonchev–Trinajstić information content (AvgIpc) is 3.12. The van der Waals surface area contributed by atoms with Gasteiger partial charge < -0.3 is 15.0 Å². The molecule has 1 aliphatic heterocycles. The van der Waals surface area contributed by atoms with Gasteiger partial charge in [0, 0.05) is 41.4 Å². The Hall–Kier alpha value is -2.66. The van der Waals surface area contributed by atoms with Crippen molar-refractivity contribution in [1.82, 2.24) is 14.9 Å². The molecule has 0 spiro atoms. The van der Waals surface area contributed by atoms with Gasteiger partial charge in [-0.05, 0) is 67.0 Å². The van der Waals surface area contributed by atoms with Crippen LogP contribution in [0.25, 0.3) is 22.2 Å². The van der Waals surface area contributed by atoms with Gasteiger partial charge in [0.25, 0.3) is 0 Å². The second-order valence-corrected chi connectivity index (χ2v) is 8.37. The molecule has 1 aromatic carbocycles. The highest BCUT2D eigenvalue weighted by Gasteiger charge is 2.24. The lowest BCUT2D eigenvalue weighted by atomic mass is 9.87. The van der Waals surface area contributed by atoms with Crippen molar-refractivity contribution < 1.29 is 9.90 Å². The molecule has 3 aromatic rings. The molecule has 5 nitrogen and oxygen atoms in total. The molecule has 0 unspecified atom stereocenters. The largest absolute Gasteiger partial charge is 0.387 e. The Morgan fingerprint density at radius 2 is 2.00 bits per heavy atom. The van der Waals surface area contributed by atoms with Crippen molar-refractivity contribution in [3.05, 3.63) is 53.3 Å². The number of amides is 1. The fraction of sp³-hybridized carbons (Fsp3) is 0.417. The number of piperidine rings is 1. The van der Waals surface area contributed by atoms with E-state index >= 15 is 0 Å². The molecule has 0 saturated carbocycles. The third-order valence-corrected chi connectivity index (χ3v) is 6.08. The molecule has 3 heterocycles. The van der Waals surface area contributed by atoms with Gasteiger partial charge in [-0.1, -0.05) is 19.9 Å². The molecule has 5 heteroatoms. The number of nitrogens with zero attached hydrogens (tertiary/aromatic N) is 2. The van der Waals surface area contributed by atoms with Crippen LogP contribution in [0, 0.1) is 6.92 Å². The molecule has 0 bridgehead atoms. The van der Waals surface area contributed by atoms with Crippen LogP contribution in [0.15, 0.2) is 36.5 Å². The molecule has 0 atom stereocenters. The normalized spacial score (nSPS) is 15.4. The van der Waals surface area contributed by atoms with E-state index in [9.17, 15) is 4.79 Å². The monoisotopic (exact) mass is 391 g/mol. The fourth-order valence-corrected chi connectivity index (χ4v) is 4.57. The van der Waals surface area contributed by atoms with E-state index in [1.54, 1.807) is 4.90 Å². The maximum atomic E-state index is 11.7. The highest BCUT2D eigenvalue weighted by atomic mass is 16.3. The summed E-state index contributed by atoms with van der Waals surface area (Å²) in [5, 5.41) is 10.4. The third-order valence-electron chi connectivity index (χ3n) is 6.08. The highest BCUT2D eigenvalue weighted by molar-refractivity contribution is 5.92. The number of aryl methyl sites for hydroxylation is 1. The Labute approximate surface area is 171 Å². The molecule has 1 aliphatic rings. The van der Waals surface area contributed by atoms with E-state index in [-0.39, 0.29) is 5.91 Å². The highest BCUT2D eigenvalue weighted by Crippen LogP contribution is 2.38. The lowest BCUT2D eigenvalue weighted by molar-refractivity contribution is -0.135. The van der Waals surface area contributed by atoms with Crippen molar-refractivity contribution >= 4 is 16.8 Å². The van der Waals surface area contributed by atoms with Crippen molar-refractivity contribution in [2.75, 3.05) is 19.7 Å². The summed E-state index contributed by atoms with van der Waals surface area (Å²) in [4.78, 5) is 21.5. The molecule has 0 aliphatic carbocycles. The number of aromatic amines is 1. The number of carbonyl (C=O) groups excluding carboxylic acids is 1. The third kappa shape index (κ3) is 3.79. The Morgan fingerprint density at radius 3 is 2.66 bits per heavy atom. The molecule has 1 amide bonds. The molecule has 1 fully saturated rings. The number of aliphatic hydroxyl groups excluding tert-OH is 1. The molecule has 0 radical (unpaired) electrons. The minimum atomic E-state index is -0.394. The lowest BCUT2D eigenvalue weighted by Crippen LogP contribution is -2.39. The van der Waals surface area contributed by atoms with Gasteiger partial charge in [-0.25, -0.2) is 0 Å². The second kappa shape index (κ2) is 7.99. The van der Waals surface area contributed by atoms with Crippen LogP contribution in [0.1, 0.15) is 55.3 Å². The van der Waals surface area contributed by atoms with Gasteiger partial charge >= 0.3 is 0 Å². The van der Waals surface area contributed by atoms with Crippen LogP contribution in [0.5, 0.6) is 0 Å². The minimum absolute atomic E-state index is 0.163. The number of fused-ring (bicyclic) bond motifs is 1. The van der Waals surface area contributed by atoms with Crippen molar-refractivity contribution in [3.63, 3.8) is 0 Å². The SMILES string of the molecule is Cc1cc(-c2[nH]c3ccc(C4CCN(C(=O)CO)CC4)cc3c2C(C)C)ccn1. The summed E-state index contributed by atoms with van der Waals surface area (Å²) in [6, 6.07) is 11.0. The molecular weight excluding hydrogens is 362 g/mol. The summed E-state index contributed by atoms with van der Waals surface area (Å²) < 4.78 is 0. The van der Waals surface area contributed by atoms with Gasteiger partial charge in [0.05, 0.1) is 5.69 Å². The zero-order chi connectivity index (χ0) is 20.5. The Bertz CT molecular complexity index is 1030. The van der Waals surface area contributed by atoms with Gasteiger partial charge in [-0.3, -0.25) is 9.78 Å². The zero-order valence-electron chi connectivity index (χ0n) is 17.4. The molecule has 2 N–H and O–H groups in total. The van der Waals surface area contributed by atoms with Crippen LogP contribution in [-0.4, -0.2) is 45.6 Å². The number of rotatable bonds is 4. The fourth-order valence-electron chi connectivity index (χ4n) is 4.57. The van der Waals surface area contributed by atoms with E-state index in [0.717, 1.165) is 24.1 Å². The van der Waals surface area contributed by atoms with Gasteiger partial charge in [-0.2, -0.15) is 0 Å². The lowest BCUT2D eigenvalue weighted by Gasteiger charge is -2.32. The number of aliphatic hydroxyl groups is 1. The number of hydrogen-bond donors (Lipinski definition) is 2. The van der Waals surface area contributed by atoms with E-state index in [4.69, 9.17) is 5.11 Å². The van der Waals surface area contributed by atoms with Crippen LogP contribution >= 0.6 is 0 Å². The van der Waals surface area contributed by atoms with Crippen molar-refractivity contribution in [1.29, 1.82) is 0 Å². The summed E-state index contributed by atoms with van der Waals surface area (Å²) in [6.07, 6.45) is 3.75. The summed E-state index contributed by atoms with van der Waals surface area (Å²) in [5.41, 5.74) is 7.22. The van der Waals surface area contributed by atoms with Crippen molar-refractivity contribution in [2.24, 2.45) is 0 Å². The van der Waals surface area contributed by atoms with E-state index in [1.165, 1.54) is 27.8 Å². The Morgan fingerprint density at radius 1 is 1.24 bits per heavy atom. The first kappa shape index (κ1) is 19.6. The average molecular weight is 392 g/mol. The van der Waals surface area contributed by atoms with Gasteiger partial charge in [0.2, 0.25) is 5.91 Å². The van der Waals surface area contributed by atoms with Crippen molar-refractivity contribution in [3.8, 4) is 11.3 Å². The maximum absolute atomic E-state index is 11.7. The van der Waals surface area contributed by atoms with Crippen LogP contribution in [0.2, 0.25) is 0 Å². The van der Waals surface area contributed by atoms with Gasteiger partial charge in [-0.15, -0.1) is 0 Å². The van der Waals surface area contributed by atoms with Crippen LogP contribution in [0.3, 0.4) is 0 Å². The summed E-state index contributed by atoms with van der Waals surface area (Å²) in [5.74, 6) is 0.680. The molecule has 152 valence electrons. The first-order chi connectivity index (χ1) is 14.0. The first-order valence-electron chi connectivity index (χ1n) is 10.4. The summed E-state index contributed by atoms with van der Waals surface area (Å²) in [6.45, 7) is 7.54. The number of H-pyrrole nitrogens is 1. The number of nitrogens with one attached hydrogen (secondary N) is 1. The summed E-state index contributed by atoms with van der Waals surface area (Å²) >= 11 is 0. The Kier molecular flexibility index (Phi) is 5.41. The topological polar surface area (TPSA) is 69.2 Å². The quantitative estimate of drug-likeness (QED) is 0.694. The standard InChI is InChI=1S/C24H29N3O2/c1-15(2)23-20-13-18(17-7-10-27(11-8-17)22(29)14-28)4-5-21(20)26-24(23)19-6-9-25-16(3)12-19/h4-6,9,12-13,15,17,26,28H,7-8,10-11,14H2,1-3H3. The number of benzene rings is 1. The maximum Gasteiger partial charge on any atom is 0.248 e.